The SMILES string of the molecule is CO/N=C1/CC(C)(C)Cc2c(-c3ccn(C(=O)c4ccc(Cl)cc4)n3)sc(SC)c21. The molecular weight excluding hydrogens is 438 g/mol. The fraction of sp³-hybridized carbons (Fsp3) is 0.318. The highest BCUT2D eigenvalue weighted by Crippen LogP contribution is 2.48. The van der Waals surface area contributed by atoms with Crippen LogP contribution in [0.1, 0.15) is 41.8 Å². The molecule has 0 saturated carbocycles. The summed E-state index contributed by atoms with van der Waals surface area (Å²) in [6.07, 6.45) is 5.58. The van der Waals surface area contributed by atoms with Gasteiger partial charge in [-0.05, 0) is 60.4 Å². The van der Waals surface area contributed by atoms with Crippen LogP contribution in [0.2, 0.25) is 5.02 Å². The van der Waals surface area contributed by atoms with Gasteiger partial charge in [-0.2, -0.15) is 5.10 Å². The van der Waals surface area contributed by atoms with Crippen LogP contribution in [0.4, 0.5) is 0 Å². The van der Waals surface area contributed by atoms with E-state index >= 15 is 0 Å². The van der Waals surface area contributed by atoms with E-state index < -0.39 is 0 Å². The molecule has 5 nitrogen and oxygen atoms in total. The molecule has 2 aromatic heterocycles. The molecule has 1 aliphatic carbocycles. The first-order valence-corrected chi connectivity index (χ1v) is 11.9. The van der Waals surface area contributed by atoms with Gasteiger partial charge in [0, 0.05) is 22.3 Å². The second-order valence-electron chi connectivity index (χ2n) is 7.97. The van der Waals surface area contributed by atoms with E-state index in [0.717, 1.165) is 29.1 Å². The molecule has 1 aliphatic rings. The van der Waals surface area contributed by atoms with Gasteiger partial charge in [0.15, 0.2) is 0 Å². The Morgan fingerprint density at radius 3 is 2.67 bits per heavy atom. The molecule has 156 valence electrons. The van der Waals surface area contributed by atoms with E-state index in [9.17, 15) is 4.79 Å². The Kier molecular flexibility index (Phi) is 5.79. The highest BCUT2D eigenvalue weighted by atomic mass is 35.5. The van der Waals surface area contributed by atoms with Crippen LogP contribution in [0.15, 0.2) is 45.9 Å². The smallest absolute Gasteiger partial charge is 0.278 e. The molecule has 0 fully saturated rings. The van der Waals surface area contributed by atoms with Crippen molar-refractivity contribution in [2.75, 3.05) is 13.4 Å². The lowest BCUT2D eigenvalue weighted by Gasteiger charge is -2.31. The zero-order valence-corrected chi connectivity index (χ0v) is 19.6. The number of thioether (sulfide) groups is 1. The molecule has 0 bridgehead atoms. The lowest BCUT2D eigenvalue weighted by atomic mass is 9.74. The summed E-state index contributed by atoms with van der Waals surface area (Å²) in [6, 6.07) is 8.73. The summed E-state index contributed by atoms with van der Waals surface area (Å²) in [5.41, 5.74) is 4.79. The maximum Gasteiger partial charge on any atom is 0.278 e. The lowest BCUT2D eigenvalue weighted by Crippen LogP contribution is -2.27. The van der Waals surface area contributed by atoms with Crippen LogP contribution >= 0.6 is 34.7 Å². The van der Waals surface area contributed by atoms with Gasteiger partial charge in [-0.15, -0.1) is 23.1 Å². The minimum absolute atomic E-state index is 0.0670. The topological polar surface area (TPSA) is 56.5 Å². The monoisotopic (exact) mass is 459 g/mol. The molecule has 3 aromatic rings. The van der Waals surface area contributed by atoms with E-state index in [0.29, 0.717) is 10.6 Å². The number of hydrogen-bond donors (Lipinski definition) is 0. The second kappa shape index (κ2) is 8.21. The average Bonchev–Trinajstić information content (AvgIpc) is 3.32. The Bertz CT molecular complexity index is 1130. The molecule has 30 heavy (non-hydrogen) atoms. The van der Waals surface area contributed by atoms with E-state index in [1.54, 1.807) is 60.7 Å². The minimum atomic E-state index is -0.185. The number of nitrogens with zero attached hydrogens (tertiary/aromatic N) is 3. The Hall–Kier alpha value is -2.09. The van der Waals surface area contributed by atoms with Gasteiger partial charge in [0.25, 0.3) is 5.91 Å². The van der Waals surface area contributed by atoms with E-state index in [1.807, 2.05) is 6.07 Å². The molecular formula is C22H22ClN3O2S2. The van der Waals surface area contributed by atoms with Crippen molar-refractivity contribution in [2.24, 2.45) is 10.6 Å². The highest BCUT2D eigenvalue weighted by molar-refractivity contribution is 8.00. The summed E-state index contributed by atoms with van der Waals surface area (Å²) in [6.45, 7) is 4.48. The average molecular weight is 460 g/mol. The van der Waals surface area contributed by atoms with Gasteiger partial charge < -0.3 is 4.84 Å². The molecule has 0 amide bonds. The molecule has 0 unspecified atom stereocenters. The van der Waals surface area contributed by atoms with Gasteiger partial charge in [-0.25, -0.2) is 4.68 Å². The zero-order valence-electron chi connectivity index (χ0n) is 17.2. The lowest BCUT2D eigenvalue weighted by molar-refractivity contribution is 0.0945. The zero-order chi connectivity index (χ0) is 21.5. The number of thiophene rings is 1. The summed E-state index contributed by atoms with van der Waals surface area (Å²) in [5, 5.41) is 9.55. The van der Waals surface area contributed by atoms with Crippen molar-refractivity contribution in [1.82, 2.24) is 9.78 Å². The van der Waals surface area contributed by atoms with Crippen molar-refractivity contribution in [1.29, 1.82) is 0 Å². The van der Waals surface area contributed by atoms with Crippen molar-refractivity contribution < 1.29 is 9.63 Å². The maximum absolute atomic E-state index is 12.8. The van der Waals surface area contributed by atoms with E-state index in [4.69, 9.17) is 16.4 Å². The van der Waals surface area contributed by atoms with Gasteiger partial charge in [-0.3, -0.25) is 4.79 Å². The van der Waals surface area contributed by atoms with Crippen molar-refractivity contribution >= 4 is 46.3 Å². The Labute approximate surface area is 189 Å². The third kappa shape index (κ3) is 3.94. The molecule has 0 saturated heterocycles. The maximum atomic E-state index is 12.8. The molecule has 4 rings (SSSR count). The van der Waals surface area contributed by atoms with Crippen LogP contribution in [-0.2, 0) is 11.3 Å². The van der Waals surface area contributed by atoms with E-state index in [-0.39, 0.29) is 11.3 Å². The van der Waals surface area contributed by atoms with Crippen LogP contribution < -0.4 is 0 Å². The number of halogens is 1. The quantitative estimate of drug-likeness (QED) is 0.354. The van der Waals surface area contributed by atoms with Crippen molar-refractivity contribution in [3.05, 3.63) is 58.2 Å². The van der Waals surface area contributed by atoms with E-state index in [1.165, 1.54) is 20.0 Å². The number of fused-ring (bicyclic) bond motifs is 1. The molecule has 2 heterocycles. The van der Waals surface area contributed by atoms with Crippen molar-refractivity contribution in [3.8, 4) is 10.6 Å². The summed E-state index contributed by atoms with van der Waals surface area (Å²) >= 11 is 9.35. The van der Waals surface area contributed by atoms with Crippen LogP contribution in [0.3, 0.4) is 0 Å². The summed E-state index contributed by atoms with van der Waals surface area (Å²) in [5.74, 6) is -0.185. The van der Waals surface area contributed by atoms with Crippen LogP contribution in [0.5, 0.6) is 0 Å². The number of benzene rings is 1. The molecule has 0 radical (unpaired) electrons. The number of rotatable bonds is 4. The molecule has 1 aromatic carbocycles. The first kappa shape index (κ1) is 21.2. The van der Waals surface area contributed by atoms with Crippen LogP contribution in [-0.4, -0.2) is 34.8 Å². The van der Waals surface area contributed by atoms with Gasteiger partial charge in [0.05, 0.1) is 14.8 Å². The van der Waals surface area contributed by atoms with Crippen molar-refractivity contribution in [3.63, 3.8) is 0 Å². The first-order chi connectivity index (χ1) is 14.3. The standard InChI is InChI=1S/C22H22ClN3O2S2/c1-22(2)11-15-18(17(12-22)25-28-3)21(29-4)30-19(15)16-9-10-26(24-16)20(27)13-5-7-14(23)8-6-13/h5-10H,11-12H2,1-4H3/b25-17-. The number of carbonyl (C=O) groups is 1. The minimum Gasteiger partial charge on any atom is -0.399 e. The van der Waals surface area contributed by atoms with Gasteiger partial charge in [0.2, 0.25) is 0 Å². The molecule has 0 atom stereocenters. The van der Waals surface area contributed by atoms with Gasteiger partial charge >= 0.3 is 0 Å². The number of carbonyl (C=O) groups excluding carboxylic acids is 1. The highest BCUT2D eigenvalue weighted by Gasteiger charge is 2.36. The number of oxime groups is 1. The van der Waals surface area contributed by atoms with Gasteiger partial charge in [-0.1, -0.05) is 30.6 Å². The van der Waals surface area contributed by atoms with E-state index in [2.05, 4.69) is 30.4 Å². The predicted octanol–water partition coefficient (Wildman–Crippen LogP) is 6.00. The molecule has 0 spiro atoms. The summed E-state index contributed by atoms with van der Waals surface area (Å²) in [4.78, 5) is 19.1. The Morgan fingerprint density at radius 2 is 2.00 bits per heavy atom. The number of hydrogen-bond acceptors (Lipinski definition) is 6. The Balaban J connectivity index is 1.77. The van der Waals surface area contributed by atoms with Crippen LogP contribution in [0, 0.1) is 5.41 Å². The van der Waals surface area contributed by atoms with Crippen molar-refractivity contribution in [2.45, 2.75) is 30.9 Å². The fourth-order valence-electron chi connectivity index (χ4n) is 3.81. The van der Waals surface area contributed by atoms with Gasteiger partial charge in [0.1, 0.15) is 12.8 Å². The number of aromatic nitrogens is 2. The largest absolute Gasteiger partial charge is 0.399 e. The van der Waals surface area contributed by atoms with Crippen LogP contribution in [0.25, 0.3) is 10.6 Å². The fourth-order valence-corrected chi connectivity index (χ4v) is 6.00. The normalized spacial score (nSPS) is 16.5. The summed E-state index contributed by atoms with van der Waals surface area (Å²) in [7, 11) is 1.59. The third-order valence-corrected chi connectivity index (χ3v) is 7.70. The third-order valence-electron chi connectivity index (χ3n) is 5.07. The molecule has 0 N–H and O–H groups in total. The Morgan fingerprint density at radius 1 is 1.27 bits per heavy atom. The first-order valence-electron chi connectivity index (χ1n) is 9.49. The second-order valence-corrected chi connectivity index (χ2v) is 10.5. The summed E-state index contributed by atoms with van der Waals surface area (Å²) < 4.78 is 2.59. The predicted molar refractivity (Wildman–Crippen MR) is 124 cm³/mol. The molecule has 0 aliphatic heterocycles. The molecule has 8 heteroatoms.